The molecule has 0 aliphatic heterocycles. The topological polar surface area (TPSA) is 61.8 Å². The van der Waals surface area contributed by atoms with Gasteiger partial charge in [-0.05, 0) is 38.0 Å². The minimum absolute atomic E-state index is 0.0204. The molecule has 0 radical (unpaired) electrons. The van der Waals surface area contributed by atoms with Crippen molar-refractivity contribution < 1.29 is 23.8 Å². The van der Waals surface area contributed by atoms with Gasteiger partial charge in [0, 0.05) is 12.0 Å². The first-order valence-corrected chi connectivity index (χ1v) is 6.47. The second kappa shape index (κ2) is 8.19. The standard InChI is InChI=1S/C15H20O5/c1-11(16)12-7-8-13(14(10-12)18-2)20-9-5-4-6-15(17)19-3/h7-8,10H,4-6,9H2,1-3H3. The van der Waals surface area contributed by atoms with Crippen molar-refractivity contribution in [3.05, 3.63) is 23.8 Å². The SMILES string of the molecule is COC(=O)CCCCOc1ccc(C(C)=O)cc1OC. The number of ether oxygens (including phenoxy) is 3. The minimum atomic E-state index is -0.214. The first-order chi connectivity index (χ1) is 9.58. The summed E-state index contributed by atoms with van der Waals surface area (Å²) in [6.07, 6.45) is 1.84. The van der Waals surface area contributed by atoms with Crippen LogP contribution in [0.2, 0.25) is 0 Å². The molecule has 0 saturated heterocycles. The third-order valence-corrected chi connectivity index (χ3v) is 2.83. The van der Waals surface area contributed by atoms with Crippen molar-refractivity contribution in [2.45, 2.75) is 26.2 Å². The van der Waals surface area contributed by atoms with Gasteiger partial charge in [-0.1, -0.05) is 0 Å². The van der Waals surface area contributed by atoms with Gasteiger partial charge in [-0.2, -0.15) is 0 Å². The zero-order valence-electron chi connectivity index (χ0n) is 12.1. The van der Waals surface area contributed by atoms with Gasteiger partial charge in [-0.25, -0.2) is 0 Å². The molecule has 0 aliphatic carbocycles. The number of Topliss-reactive ketones (excluding diaryl/α,β-unsaturated/α-hetero) is 1. The molecule has 1 aromatic carbocycles. The van der Waals surface area contributed by atoms with Gasteiger partial charge in [0.05, 0.1) is 20.8 Å². The first kappa shape index (κ1) is 16.0. The van der Waals surface area contributed by atoms with Gasteiger partial charge in [0.2, 0.25) is 0 Å². The van der Waals surface area contributed by atoms with Crippen molar-refractivity contribution >= 4 is 11.8 Å². The van der Waals surface area contributed by atoms with E-state index in [1.54, 1.807) is 18.2 Å². The molecule has 0 atom stereocenters. The number of carbonyl (C=O) groups excluding carboxylic acids is 2. The molecule has 0 amide bonds. The number of benzene rings is 1. The Hall–Kier alpha value is -2.04. The molecule has 0 saturated carbocycles. The third kappa shape index (κ3) is 4.91. The second-order valence-electron chi connectivity index (χ2n) is 4.30. The van der Waals surface area contributed by atoms with E-state index in [0.717, 1.165) is 6.42 Å². The van der Waals surface area contributed by atoms with Crippen LogP contribution in [0, 0.1) is 0 Å². The quantitative estimate of drug-likeness (QED) is 0.416. The summed E-state index contributed by atoms with van der Waals surface area (Å²) in [6.45, 7) is 1.98. The van der Waals surface area contributed by atoms with Gasteiger partial charge >= 0.3 is 5.97 Å². The highest BCUT2D eigenvalue weighted by molar-refractivity contribution is 5.94. The van der Waals surface area contributed by atoms with Crippen molar-refractivity contribution in [1.82, 2.24) is 0 Å². The zero-order valence-corrected chi connectivity index (χ0v) is 12.1. The number of esters is 1. The fourth-order valence-corrected chi connectivity index (χ4v) is 1.66. The van der Waals surface area contributed by atoms with Crippen LogP contribution >= 0.6 is 0 Å². The van der Waals surface area contributed by atoms with Gasteiger partial charge < -0.3 is 14.2 Å². The fourth-order valence-electron chi connectivity index (χ4n) is 1.66. The first-order valence-electron chi connectivity index (χ1n) is 6.47. The monoisotopic (exact) mass is 280 g/mol. The van der Waals surface area contributed by atoms with E-state index in [1.165, 1.54) is 21.1 Å². The van der Waals surface area contributed by atoms with Crippen LogP contribution in [-0.4, -0.2) is 32.6 Å². The molecular formula is C15H20O5. The molecule has 0 spiro atoms. The summed E-state index contributed by atoms with van der Waals surface area (Å²) in [5.74, 6) is 0.891. The fraction of sp³-hybridized carbons (Fsp3) is 0.467. The van der Waals surface area contributed by atoms with Crippen LogP contribution in [-0.2, 0) is 9.53 Å². The molecule has 0 N–H and O–H groups in total. The van der Waals surface area contributed by atoms with Gasteiger partial charge in [0.25, 0.3) is 0 Å². The highest BCUT2D eigenvalue weighted by Crippen LogP contribution is 2.28. The molecule has 0 unspecified atom stereocenters. The van der Waals surface area contributed by atoms with Gasteiger partial charge in [-0.15, -0.1) is 0 Å². The van der Waals surface area contributed by atoms with Crippen LogP contribution < -0.4 is 9.47 Å². The van der Waals surface area contributed by atoms with Crippen molar-refractivity contribution in [2.24, 2.45) is 0 Å². The Bertz CT molecular complexity index is 467. The highest BCUT2D eigenvalue weighted by atomic mass is 16.5. The molecule has 5 nitrogen and oxygen atoms in total. The maximum atomic E-state index is 11.3. The molecule has 1 aromatic rings. The number of hydrogen-bond acceptors (Lipinski definition) is 5. The van der Waals surface area contributed by atoms with E-state index in [2.05, 4.69) is 4.74 Å². The normalized spacial score (nSPS) is 9.95. The summed E-state index contributed by atoms with van der Waals surface area (Å²) in [7, 11) is 2.91. The lowest BCUT2D eigenvalue weighted by Crippen LogP contribution is -2.03. The molecule has 0 fully saturated rings. The summed E-state index contributed by atoms with van der Waals surface area (Å²) in [5, 5.41) is 0. The molecule has 0 bridgehead atoms. The number of unbranched alkanes of at least 4 members (excludes halogenated alkanes) is 1. The number of ketones is 1. The van der Waals surface area contributed by atoms with E-state index in [1.807, 2.05) is 0 Å². The average Bonchev–Trinajstić information content (AvgIpc) is 2.46. The Labute approximate surface area is 118 Å². The summed E-state index contributed by atoms with van der Waals surface area (Å²) >= 11 is 0. The van der Waals surface area contributed by atoms with Crippen LogP contribution in [0.4, 0.5) is 0 Å². The number of rotatable bonds is 8. The van der Waals surface area contributed by atoms with Crippen LogP contribution in [0.25, 0.3) is 0 Å². The van der Waals surface area contributed by atoms with E-state index in [4.69, 9.17) is 9.47 Å². The van der Waals surface area contributed by atoms with Crippen LogP contribution in [0.15, 0.2) is 18.2 Å². The Morgan fingerprint density at radius 1 is 1.10 bits per heavy atom. The predicted octanol–water partition coefficient (Wildman–Crippen LogP) is 2.62. The van der Waals surface area contributed by atoms with Gasteiger partial charge in [0.1, 0.15) is 0 Å². The van der Waals surface area contributed by atoms with Crippen LogP contribution in [0.1, 0.15) is 36.5 Å². The van der Waals surface area contributed by atoms with E-state index in [-0.39, 0.29) is 11.8 Å². The largest absolute Gasteiger partial charge is 0.493 e. The van der Waals surface area contributed by atoms with Crippen molar-refractivity contribution in [3.63, 3.8) is 0 Å². The van der Waals surface area contributed by atoms with Crippen molar-refractivity contribution in [2.75, 3.05) is 20.8 Å². The molecule has 5 heteroatoms. The lowest BCUT2D eigenvalue weighted by atomic mass is 10.1. The summed E-state index contributed by atoms with van der Waals surface area (Å²) < 4.78 is 15.3. The third-order valence-electron chi connectivity index (χ3n) is 2.83. The smallest absolute Gasteiger partial charge is 0.305 e. The van der Waals surface area contributed by atoms with E-state index in [9.17, 15) is 9.59 Å². The lowest BCUT2D eigenvalue weighted by Gasteiger charge is -2.11. The van der Waals surface area contributed by atoms with Gasteiger partial charge in [-0.3, -0.25) is 9.59 Å². The predicted molar refractivity (Wildman–Crippen MR) is 74.4 cm³/mol. The Balaban J connectivity index is 2.47. The zero-order chi connectivity index (χ0) is 15.0. The highest BCUT2D eigenvalue weighted by Gasteiger charge is 2.08. The van der Waals surface area contributed by atoms with Crippen LogP contribution in [0.3, 0.4) is 0 Å². The van der Waals surface area contributed by atoms with Crippen molar-refractivity contribution in [3.8, 4) is 11.5 Å². The summed E-state index contributed by atoms with van der Waals surface area (Å²) in [5.41, 5.74) is 0.583. The molecule has 0 aromatic heterocycles. The molecule has 20 heavy (non-hydrogen) atoms. The van der Waals surface area contributed by atoms with Crippen LogP contribution in [0.5, 0.6) is 11.5 Å². The molecular weight excluding hydrogens is 260 g/mol. The summed E-state index contributed by atoms with van der Waals surface area (Å²) in [6, 6.07) is 5.08. The molecule has 0 heterocycles. The van der Waals surface area contributed by atoms with E-state index < -0.39 is 0 Å². The maximum absolute atomic E-state index is 11.3. The minimum Gasteiger partial charge on any atom is -0.493 e. The maximum Gasteiger partial charge on any atom is 0.305 e. The second-order valence-corrected chi connectivity index (χ2v) is 4.30. The Morgan fingerprint density at radius 3 is 2.45 bits per heavy atom. The molecule has 0 aliphatic rings. The Morgan fingerprint density at radius 2 is 1.85 bits per heavy atom. The van der Waals surface area contributed by atoms with E-state index in [0.29, 0.717) is 36.5 Å². The number of carbonyl (C=O) groups is 2. The summed E-state index contributed by atoms with van der Waals surface area (Å²) in [4.78, 5) is 22.2. The van der Waals surface area contributed by atoms with Crippen molar-refractivity contribution in [1.29, 1.82) is 0 Å². The molecule has 110 valence electrons. The Kier molecular flexibility index (Phi) is 6.56. The number of methoxy groups -OCH3 is 2. The lowest BCUT2D eigenvalue weighted by molar-refractivity contribution is -0.140. The average molecular weight is 280 g/mol. The van der Waals surface area contributed by atoms with E-state index >= 15 is 0 Å². The molecule has 1 rings (SSSR count). The number of hydrogen-bond donors (Lipinski definition) is 0. The van der Waals surface area contributed by atoms with Gasteiger partial charge in [0.15, 0.2) is 17.3 Å².